The molecule has 0 saturated heterocycles. The second kappa shape index (κ2) is 11.4. The lowest BCUT2D eigenvalue weighted by atomic mass is 10.2. The van der Waals surface area contributed by atoms with Crippen molar-refractivity contribution in [2.45, 2.75) is 19.3 Å². The minimum Gasteiger partial charge on any atom is -0.273 e. The van der Waals surface area contributed by atoms with E-state index in [-0.39, 0.29) is 24.7 Å². The smallest absolute Gasteiger partial charge is 0.240 e. The molecule has 2 rings (SSSR count). The molecule has 0 bridgehead atoms. The Morgan fingerprint density at radius 1 is 0.759 bits per heavy atom. The number of hydrogen-bond acceptors (Lipinski definition) is 6. The molecule has 2 amide bonds. The van der Waals surface area contributed by atoms with Crippen molar-refractivity contribution in [3.05, 3.63) is 70.8 Å². The van der Waals surface area contributed by atoms with Crippen LogP contribution >= 0.6 is 0 Å². The minimum absolute atomic E-state index is 0.150. The van der Waals surface area contributed by atoms with Crippen molar-refractivity contribution in [1.82, 2.24) is 10.9 Å². The van der Waals surface area contributed by atoms with E-state index in [0.29, 0.717) is 17.5 Å². The largest absolute Gasteiger partial charge is 0.273 e. The summed E-state index contributed by atoms with van der Waals surface area (Å²) in [6.45, 7) is 0. The van der Waals surface area contributed by atoms with E-state index in [1.807, 2.05) is 12.1 Å². The number of carbonyl (C=O) groups is 2. The van der Waals surface area contributed by atoms with Crippen molar-refractivity contribution < 1.29 is 9.59 Å². The van der Waals surface area contributed by atoms with Gasteiger partial charge in [0.15, 0.2) is 0 Å². The molecule has 0 saturated carbocycles. The molecule has 0 atom stereocenters. The molecule has 0 aliphatic rings. The first-order valence-corrected chi connectivity index (χ1v) is 8.75. The van der Waals surface area contributed by atoms with Gasteiger partial charge < -0.3 is 0 Å². The zero-order valence-corrected chi connectivity index (χ0v) is 15.5. The highest BCUT2D eigenvalue weighted by atomic mass is 16.2. The number of hydrogen-bond donors (Lipinski definition) is 2. The van der Waals surface area contributed by atoms with Crippen LogP contribution in [-0.2, 0) is 9.59 Å². The van der Waals surface area contributed by atoms with Crippen LogP contribution in [0.15, 0.2) is 58.7 Å². The third-order valence-electron chi connectivity index (χ3n) is 3.69. The van der Waals surface area contributed by atoms with Crippen molar-refractivity contribution in [2.75, 3.05) is 0 Å². The summed E-state index contributed by atoms with van der Waals surface area (Å²) in [6.07, 6.45) is 3.61. The Morgan fingerprint density at radius 3 is 1.48 bits per heavy atom. The molecule has 8 nitrogen and oxygen atoms in total. The van der Waals surface area contributed by atoms with Gasteiger partial charge in [-0.2, -0.15) is 20.7 Å². The summed E-state index contributed by atoms with van der Waals surface area (Å²) in [5.74, 6) is -0.604. The lowest BCUT2D eigenvalue weighted by molar-refractivity contribution is -0.122. The predicted molar refractivity (Wildman–Crippen MR) is 108 cm³/mol. The first-order chi connectivity index (χ1) is 14.1. The summed E-state index contributed by atoms with van der Waals surface area (Å²) in [6, 6.07) is 17.5. The number of hydrazone groups is 2. The molecule has 144 valence electrons. The van der Waals surface area contributed by atoms with Gasteiger partial charge in [0.1, 0.15) is 0 Å². The van der Waals surface area contributed by atoms with Crippen LogP contribution in [0.2, 0.25) is 0 Å². The first kappa shape index (κ1) is 21.0. The van der Waals surface area contributed by atoms with Gasteiger partial charge in [0.05, 0.1) is 35.7 Å². The zero-order chi connectivity index (χ0) is 20.9. The number of nitrogens with zero attached hydrogens (tertiary/aromatic N) is 4. The Kier molecular flexibility index (Phi) is 8.27. The lowest BCUT2D eigenvalue weighted by Crippen LogP contribution is -2.20. The van der Waals surface area contributed by atoms with E-state index in [0.717, 1.165) is 11.1 Å². The normalized spacial score (nSPS) is 10.4. The van der Waals surface area contributed by atoms with Crippen LogP contribution in [0.1, 0.15) is 41.5 Å². The maximum absolute atomic E-state index is 11.7. The van der Waals surface area contributed by atoms with Crippen LogP contribution in [0.25, 0.3) is 0 Å². The number of amides is 2. The summed E-state index contributed by atoms with van der Waals surface area (Å²) in [5, 5.41) is 25.1. The predicted octanol–water partition coefficient (Wildman–Crippen LogP) is 2.20. The highest BCUT2D eigenvalue weighted by molar-refractivity contribution is 5.84. The quantitative estimate of drug-likeness (QED) is 0.532. The standard InChI is InChI=1S/C21H18N6O2/c22-12-16-4-8-18(9-5-16)14-24-26-20(28)2-1-3-21(29)27-25-15-19-10-6-17(13-23)7-11-19/h4-11,14-15H,1-3H2,(H,26,28)(H,27,29). The average Bonchev–Trinajstić information content (AvgIpc) is 2.75. The molecule has 2 aromatic carbocycles. The Morgan fingerprint density at radius 2 is 1.14 bits per heavy atom. The minimum atomic E-state index is -0.302. The van der Waals surface area contributed by atoms with E-state index >= 15 is 0 Å². The van der Waals surface area contributed by atoms with Gasteiger partial charge in [-0.15, -0.1) is 0 Å². The third kappa shape index (κ3) is 7.85. The average molecular weight is 386 g/mol. The first-order valence-electron chi connectivity index (χ1n) is 8.75. The van der Waals surface area contributed by atoms with E-state index in [1.54, 1.807) is 48.5 Å². The maximum Gasteiger partial charge on any atom is 0.240 e. The molecule has 0 heterocycles. The van der Waals surface area contributed by atoms with Gasteiger partial charge in [-0.3, -0.25) is 9.59 Å². The monoisotopic (exact) mass is 386 g/mol. The van der Waals surface area contributed by atoms with Crippen LogP contribution in [-0.4, -0.2) is 24.2 Å². The highest BCUT2D eigenvalue weighted by Crippen LogP contribution is 2.02. The maximum atomic E-state index is 11.7. The number of rotatable bonds is 8. The lowest BCUT2D eigenvalue weighted by Gasteiger charge is -2.01. The summed E-state index contributed by atoms with van der Waals surface area (Å²) in [7, 11) is 0. The molecule has 0 aliphatic heterocycles. The van der Waals surface area contributed by atoms with Crippen LogP contribution in [0.5, 0.6) is 0 Å². The van der Waals surface area contributed by atoms with Gasteiger partial charge >= 0.3 is 0 Å². The topological polar surface area (TPSA) is 130 Å². The van der Waals surface area contributed by atoms with Gasteiger partial charge in [0.2, 0.25) is 11.8 Å². The van der Waals surface area contributed by atoms with Crippen molar-refractivity contribution >= 4 is 24.2 Å². The molecular formula is C21H18N6O2. The fourth-order valence-electron chi connectivity index (χ4n) is 2.17. The van der Waals surface area contributed by atoms with Crippen molar-refractivity contribution in [3.63, 3.8) is 0 Å². The van der Waals surface area contributed by atoms with Crippen molar-refractivity contribution in [1.29, 1.82) is 10.5 Å². The van der Waals surface area contributed by atoms with Gasteiger partial charge in [0.25, 0.3) is 0 Å². The molecule has 0 unspecified atom stereocenters. The molecule has 0 aliphatic carbocycles. The molecule has 0 fully saturated rings. The second-order valence-electron chi connectivity index (χ2n) is 5.91. The number of carbonyl (C=O) groups excluding carboxylic acids is 2. The van der Waals surface area contributed by atoms with Crippen LogP contribution in [0.4, 0.5) is 0 Å². The van der Waals surface area contributed by atoms with Gasteiger partial charge in [-0.05, 0) is 41.8 Å². The zero-order valence-electron chi connectivity index (χ0n) is 15.5. The summed E-state index contributed by atoms with van der Waals surface area (Å²) >= 11 is 0. The Bertz CT molecular complexity index is 898. The van der Waals surface area contributed by atoms with Gasteiger partial charge in [-0.25, -0.2) is 10.9 Å². The fraction of sp³-hybridized carbons (Fsp3) is 0.143. The van der Waals surface area contributed by atoms with E-state index in [4.69, 9.17) is 10.5 Å². The molecule has 2 aromatic rings. The van der Waals surface area contributed by atoms with E-state index in [1.165, 1.54) is 12.4 Å². The number of benzene rings is 2. The Labute approximate surface area is 168 Å². The number of nitriles is 2. The molecule has 0 aromatic heterocycles. The Hall–Kier alpha value is -4.30. The van der Waals surface area contributed by atoms with Crippen LogP contribution < -0.4 is 10.9 Å². The Balaban J connectivity index is 1.63. The molecule has 8 heteroatoms. The van der Waals surface area contributed by atoms with Crippen molar-refractivity contribution in [3.8, 4) is 12.1 Å². The molecule has 0 radical (unpaired) electrons. The fourth-order valence-corrected chi connectivity index (χ4v) is 2.17. The van der Waals surface area contributed by atoms with Crippen molar-refractivity contribution in [2.24, 2.45) is 10.2 Å². The number of nitrogens with one attached hydrogen (secondary N) is 2. The summed E-state index contributed by atoms with van der Waals surface area (Å²) < 4.78 is 0. The molecule has 2 N–H and O–H groups in total. The van der Waals surface area contributed by atoms with Gasteiger partial charge in [-0.1, -0.05) is 24.3 Å². The van der Waals surface area contributed by atoms with Crippen LogP contribution in [0.3, 0.4) is 0 Å². The van der Waals surface area contributed by atoms with Gasteiger partial charge in [0, 0.05) is 12.8 Å². The molecule has 0 spiro atoms. The van der Waals surface area contributed by atoms with E-state index in [9.17, 15) is 9.59 Å². The van der Waals surface area contributed by atoms with E-state index in [2.05, 4.69) is 21.1 Å². The highest BCUT2D eigenvalue weighted by Gasteiger charge is 2.04. The molecular weight excluding hydrogens is 368 g/mol. The second-order valence-corrected chi connectivity index (χ2v) is 5.91. The summed E-state index contributed by atoms with van der Waals surface area (Å²) in [5.41, 5.74) is 7.38. The van der Waals surface area contributed by atoms with E-state index < -0.39 is 0 Å². The molecule has 29 heavy (non-hydrogen) atoms. The van der Waals surface area contributed by atoms with Crippen LogP contribution in [0, 0.1) is 22.7 Å². The SMILES string of the molecule is N#Cc1ccc(C=NNC(=O)CCCC(=O)NN=Cc2ccc(C#N)cc2)cc1. The third-order valence-corrected chi connectivity index (χ3v) is 3.69. The summed E-state index contributed by atoms with van der Waals surface area (Å²) in [4.78, 5) is 23.4.